The molecule has 0 aliphatic heterocycles. The summed E-state index contributed by atoms with van der Waals surface area (Å²) < 4.78 is 5.53. The van der Waals surface area contributed by atoms with Gasteiger partial charge in [0, 0.05) is 5.54 Å². The SMILES string of the molecule is CC1CC(C)CC(OC(=O)CNC(C)(C)C)C1. The van der Waals surface area contributed by atoms with Crippen LogP contribution in [-0.4, -0.2) is 24.2 Å². The molecule has 2 unspecified atom stereocenters. The average Bonchev–Trinajstić information content (AvgIpc) is 2.11. The Morgan fingerprint density at radius 2 is 1.71 bits per heavy atom. The van der Waals surface area contributed by atoms with Gasteiger partial charge in [-0.25, -0.2) is 0 Å². The van der Waals surface area contributed by atoms with Gasteiger partial charge in [-0.05, 0) is 51.9 Å². The standard InChI is InChI=1S/C14H27NO2/c1-10-6-11(2)8-12(7-10)17-13(16)9-15-14(3,4)5/h10-12,15H,6-9H2,1-5H3. The topological polar surface area (TPSA) is 38.3 Å². The van der Waals surface area contributed by atoms with E-state index in [4.69, 9.17) is 4.74 Å². The van der Waals surface area contributed by atoms with Crippen LogP contribution in [0.15, 0.2) is 0 Å². The predicted octanol–water partition coefficient (Wildman–Crippen LogP) is 2.74. The van der Waals surface area contributed by atoms with Gasteiger partial charge in [0.1, 0.15) is 6.10 Å². The lowest BCUT2D eigenvalue weighted by atomic mass is 9.82. The van der Waals surface area contributed by atoms with E-state index in [1.54, 1.807) is 0 Å². The minimum absolute atomic E-state index is 0.0355. The van der Waals surface area contributed by atoms with E-state index >= 15 is 0 Å². The van der Waals surface area contributed by atoms with Gasteiger partial charge in [-0.1, -0.05) is 13.8 Å². The molecule has 1 aliphatic rings. The lowest BCUT2D eigenvalue weighted by Crippen LogP contribution is -2.41. The maximum absolute atomic E-state index is 11.7. The van der Waals surface area contributed by atoms with Crippen LogP contribution in [-0.2, 0) is 9.53 Å². The Bertz CT molecular complexity index is 247. The third-order valence-corrected chi connectivity index (χ3v) is 3.20. The Labute approximate surface area is 105 Å². The first-order valence-electron chi connectivity index (χ1n) is 6.71. The molecule has 0 amide bonds. The molecule has 3 nitrogen and oxygen atoms in total. The molecule has 17 heavy (non-hydrogen) atoms. The molecule has 0 spiro atoms. The Kier molecular flexibility index (Phi) is 4.99. The first-order valence-corrected chi connectivity index (χ1v) is 6.71. The smallest absolute Gasteiger partial charge is 0.320 e. The van der Waals surface area contributed by atoms with Gasteiger partial charge in [0.2, 0.25) is 0 Å². The predicted molar refractivity (Wildman–Crippen MR) is 69.8 cm³/mol. The van der Waals surface area contributed by atoms with Crippen LogP contribution in [0.5, 0.6) is 0 Å². The van der Waals surface area contributed by atoms with Gasteiger partial charge >= 0.3 is 5.97 Å². The van der Waals surface area contributed by atoms with Crippen LogP contribution in [0.25, 0.3) is 0 Å². The summed E-state index contributed by atoms with van der Waals surface area (Å²) in [4.78, 5) is 11.7. The number of ether oxygens (including phenoxy) is 1. The zero-order chi connectivity index (χ0) is 13.1. The van der Waals surface area contributed by atoms with Crippen molar-refractivity contribution in [3.05, 3.63) is 0 Å². The second kappa shape index (κ2) is 5.85. The fourth-order valence-corrected chi connectivity index (χ4v) is 2.53. The first kappa shape index (κ1) is 14.5. The number of esters is 1. The molecule has 2 atom stereocenters. The molecule has 1 fully saturated rings. The van der Waals surface area contributed by atoms with Crippen LogP contribution < -0.4 is 5.32 Å². The molecule has 0 aromatic rings. The quantitative estimate of drug-likeness (QED) is 0.772. The van der Waals surface area contributed by atoms with Crippen molar-refractivity contribution >= 4 is 5.97 Å². The minimum atomic E-state index is -0.119. The van der Waals surface area contributed by atoms with Gasteiger partial charge in [-0.15, -0.1) is 0 Å². The Morgan fingerprint density at radius 3 is 2.18 bits per heavy atom. The van der Waals surface area contributed by atoms with Gasteiger partial charge in [-0.3, -0.25) is 4.79 Å². The molecule has 0 saturated heterocycles. The molecule has 0 radical (unpaired) electrons. The van der Waals surface area contributed by atoms with Gasteiger partial charge in [-0.2, -0.15) is 0 Å². The van der Waals surface area contributed by atoms with E-state index in [-0.39, 0.29) is 17.6 Å². The van der Waals surface area contributed by atoms with Crippen LogP contribution in [0.4, 0.5) is 0 Å². The van der Waals surface area contributed by atoms with Gasteiger partial charge < -0.3 is 10.1 Å². The molecule has 1 N–H and O–H groups in total. The second-order valence-electron chi connectivity index (χ2n) is 6.63. The number of rotatable bonds is 3. The largest absolute Gasteiger partial charge is 0.461 e. The Balaban J connectivity index is 2.30. The second-order valence-corrected chi connectivity index (χ2v) is 6.63. The van der Waals surface area contributed by atoms with Crippen molar-refractivity contribution in [1.29, 1.82) is 0 Å². The normalized spacial score (nSPS) is 30.1. The summed E-state index contributed by atoms with van der Waals surface area (Å²) in [5, 5.41) is 3.16. The van der Waals surface area contributed by atoms with Gasteiger partial charge in [0.25, 0.3) is 0 Å². The summed E-state index contributed by atoms with van der Waals surface area (Å²) in [7, 11) is 0. The van der Waals surface area contributed by atoms with Gasteiger partial charge in [0.05, 0.1) is 6.54 Å². The molecule has 0 aromatic carbocycles. The fraction of sp³-hybridized carbons (Fsp3) is 0.929. The third kappa shape index (κ3) is 6.06. The van der Waals surface area contributed by atoms with Crippen LogP contribution in [0, 0.1) is 11.8 Å². The highest BCUT2D eigenvalue weighted by molar-refractivity contribution is 5.71. The maximum atomic E-state index is 11.7. The highest BCUT2D eigenvalue weighted by atomic mass is 16.5. The van der Waals surface area contributed by atoms with E-state index < -0.39 is 0 Å². The molecular weight excluding hydrogens is 214 g/mol. The number of nitrogens with one attached hydrogen (secondary N) is 1. The summed E-state index contributed by atoms with van der Waals surface area (Å²) in [6, 6.07) is 0. The van der Waals surface area contributed by atoms with Crippen molar-refractivity contribution in [2.75, 3.05) is 6.54 Å². The molecule has 3 heteroatoms. The van der Waals surface area contributed by atoms with Crippen molar-refractivity contribution in [3.63, 3.8) is 0 Å². The summed E-state index contributed by atoms with van der Waals surface area (Å²) in [5.74, 6) is 1.23. The molecule has 0 aromatic heterocycles. The van der Waals surface area contributed by atoms with Crippen LogP contribution in [0.3, 0.4) is 0 Å². The molecule has 0 heterocycles. The van der Waals surface area contributed by atoms with E-state index in [2.05, 4.69) is 19.2 Å². The molecule has 100 valence electrons. The zero-order valence-corrected chi connectivity index (χ0v) is 11.9. The molecule has 0 bridgehead atoms. The number of carbonyl (C=O) groups is 1. The van der Waals surface area contributed by atoms with Crippen LogP contribution in [0.1, 0.15) is 53.9 Å². The lowest BCUT2D eigenvalue weighted by Gasteiger charge is -2.31. The van der Waals surface area contributed by atoms with Crippen LogP contribution in [0.2, 0.25) is 0 Å². The molecule has 1 aliphatic carbocycles. The monoisotopic (exact) mass is 241 g/mol. The molecule has 1 rings (SSSR count). The summed E-state index contributed by atoms with van der Waals surface area (Å²) in [5.41, 5.74) is -0.0355. The van der Waals surface area contributed by atoms with Crippen molar-refractivity contribution in [3.8, 4) is 0 Å². The third-order valence-electron chi connectivity index (χ3n) is 3.20. The summed E-state index contributed by atoms with van der Waals surface area (Å²) >= 11 is 0. The highest BCUT2D eigenvalue weighted by Gasteiger charge is 2.26. The fourth-order valence-electron chi connectivity index (χ4n) is 2.53. The Morgan fingerprint density at radius 1 is 1.18 bits per heavy atom. The average molecular weight is 241 g/mol. The van der Waals surface area contributed by atoms with Crippen molar-refractivity contribution in [2.45, 2.75) is 65.5 Å². The summed E-state index contributed by atoms with van der Waals surface area (Å²) in [6.45, 7) is 10.9. The number of hydrogen-bond donors (Lipinski definition) is 1. The van der Waals surface area contributed by atoms with Gasteiger partial charge in [0.15, 0.2) is 0 Å². The van der Waals surface area contributed by atoms with Crippen molar-refractivity contribution < 1.29 is 9.53 Å². The van der Waals surface area contributed by atoms with E-state index in [0.29, 0.717) is 18.4 Å². The molecular formula is C14H27NO2. The molecule has 1 saturated carbocycles. The van der Waals surface area contributed by atoms with E-state index in [1.165, 1.54) is 6.42 Å². The van der Waals surface area contributed by atoms with E-state index in [9.17, 15) is 4.79 Å². The van der Waals surface area contributed by atoms with E-state index in [1.807, 2.05) is 20.8 Å². The minimum Gasteiger partial charge on any atom is -0.461 e. The zero-order valence-electron chi connectivity index (χ0n) is 11.9. The number of hydrogen-bond acceptors (Lipinski definition) is 3. The summed E-state index contributed by atoms with van der Waals surface area (Å²) in [6.07, 6.45) is 3.42. The van der Waals surface area contributed by atoms with Crippen molar-refractivity contribution in [1.82, 2.24) is 5.32 Å². The Hall–Kier alpha value is -0.570. The maximum Gasteiger partial charge on any atom is 0.320 e. The van der Waals surface area contributed by atoms with Crippen LogP contribution >= 0.6 is 0 Å². The lowest BCUT2D eigenvalue weighted by molar-refractivity contribution is -0.151. The number of carbonyl (C=O) groups excluding carboxylic acids is 1. The highest BCUT2D eigenvalue weighted by Crippen LogP contribution is 2.30. The first-order chi connectivity index (χ1) is 7.76. The van der Waals surface area contributed by atoms with Crippen molar-refractivity contribution in [2.24, 2.45) is 11.8 Å². The van der Waals surface area contributed by atoms with E-state index in [0.717, 1.165) is 12.8 Å².